The van der Waals surface area contributed by atoms with Crippen molar-refractivity contribution in [1.82, 2.24) is 15.5 Å². The van der Waals surface area contributed by atoms with Gasteiger partial charge >= 0.3 is 5.97 Å². The molecule has 1 aromatic rings. The molecule has 1 fully saturated rings. The lowest BCUT2D eigenvalue weighted by atomic mass is 9.77. The molecule has 0 saturated heterocycles. The summed E-state index contributed by atoms with van der Waals surface area (Å²) in [6, 6.07) is 0. The van der Waals surface area contributed by atoms with Gasteiger partial charge in [-0.3, -0.25) is 4.79 Å². The predicted molar refractivity (Wildman–Crippen MR) is 91.8 cm³/mol. The number of aryl methyl sites for hydroxylation is 2. The summed E-state index contributed by atoms with van der Waals surface area (Å²) in [5.74, 6) is 1.37. The molecule has 0 aliphatic heterocycles. The number of carbonyl (C=O) groups is 2. The van der Waals surface area contributed by atoms with Crippen LogP contribution in [-0.4, -0.2) is 34.7 Å². The van der Waals surface area contributed by atoms with Crippen LogP contribution in [0, 0.1) is 5.92 Å². The van der Waals surface area contributed by atoms with Crippen LogP contribution in [0.5, 0.6) is 0 Å². The van der Waals surface area contributed by atoms with Crippen LogP contribution in [-0.2, 0) is 27.2 Å². The Bertz CT molecular complexity index is 577. The summed E-state index contributed by atoms with van der Waals surface area (Å²) < 4.78 is 10.1. The van der Waals surface area contributed by atoms with Crippen LogP contribution in [0.15, 0.2) is 4.52 Å². The summed E-state index contributed by atoms with van der Waals surface area (Å²) >= 11 is 0. The van der Waals surface area contributed by atoms with E-state index in [-0.39, 0.29) is 11.9 Å². The molecule has 0 bridgehead atoms. The first-order valence-corrected chi connectivity index (χ1v) is 9.20. The number of ether oxygens (including phenoxy) is 1. The molecule has 0 unspecified atom stereocenters. The fourth-order valence-corrected chi connectivity index (χ4v) is 3.28. The number of carbonyl (C=O) groups excluding carboxylic acids is 2. The van der Waals surface area contributed by atoms with Crippen LogP contribution in [0.3, 0.4) is 0 Å². The average Bonchev–Trinajstić information content (AvgIpc) is 3.04. The number of hydrogen-bond acceptors (Lipinski definition) is 6. The van der Waals surface area contributed by atoms with Gasteiger partial charge < -0.3 is 14.6 Å². The molecule has 0 radical (unpaired) electrons. The molecule has 0 spiro atoms. The van der Waals surface area contributed by atoms with E-state index in [2.05, 4.69) is 29.3 Å². The third-order valence-electron chi connectivity index (χ3n) is 4.86. The van der Waals surface area contributed by atoms with Gasteiger partial charge in [0.25, 0.3) is 0 Å². The number of aromatic nitrogens is 2. The van der Waals surface area contributed by atoms with Crippen molar-refractivity contribution in [2.45, 2.75) is 77.2 Å². The monoisotopic (exact) mass is 351 g/mol. The minimum absolute atomic E-state index is 0.131. The molecule has 1 saturated carbocycles. The number of nitrogens with zero attached hydrogens (tertiary/aromatic N) is 2. The van der Waals surface area contributed by atoms with Gasteiger partial charge in [-0.05, 0) is 44.4 Å². The number of rotatable bonds is 8. The normalized spacial score (nSPS) is 23.2. The molecule has 2 rings (SSSR count). The van der Waals surface area contributed by atoms with Crippen LogP contribution < -0.4 is 5.32 Å². The lowest BCUT2D eigenvalue weighted by Crippen LogP contribution is -2.56. The highest BCUT2D eigenvalue weighted by atomic mass is 16.5. The standard InChI is InChI=1S/C18H29N3O4/c1-4-6-14-19-16(25-21-14)8-5-7-15(22)20-18(17(23)24-3)11-9-13(2)10-12-18/h13H,4-12H2,1-3H3,(H,20,22). The van der Waals surface area contributed by atoms with Crippen molar-refractivity contribution in [1.29, 1.82) is 0 Å². The maximum atomic E-state index is 12.3. The Kier molecular flexibility index (Phi) is 6.96. The summed E-state index contributed by atoms with van der Waals surface area (Å²) in [6.07, 6.45) is 6.35. The smallest absolute Gasteiger partial charge is 0.331 e. The molecule has 140 valence electrons. The summed E-state index contributed by atoms with van der Waals surface area (Å²) in [6.45, 7) is 4.23. The molecule has 1 aliphatic rings. The van der Waals surface area contributed by atoms with Gasteiger partial charge in [0.15, 0.2) is 5.82 Å². The first-order chi connectivity index (χ1) is 12.0. The van der Waals surface area contributed by atoms with Gasteiger partial charge in [0, 0.05) is 19.3 Å². The zero-order chi connectivity index (χ0) is 18.3. The van der Waals surface area contributed by atoms with Gasteiger partial charge in [-0.1, -0.05) is 19.0 Å². The molecular formula is C18H29N3O4. The molecule has 7 nitrogen and oxygen atoms in total. The van der Waals surface area contributed by atoms with Crippen molar-refractivity contribution in [3.8, 4) is 0 Å². The molecule has 25 heavy (non-hydrogen) atoms. The van der Waals surface area contributed by atoms with Crippen LogP contribution in [0.4, 0.5) is 0 Å². The molecule has 1 heterocycles. The van der Waals surface area contributed by atoms with E-state index >= 15 is 0 Å². The predicted octanol–water partition coefficient (Wildman–Crippen LogP) is 2.58. The van der Waals surface area contributed by atoms with E-state index in [9.17, 15) is 9.59 Å². The molecule has 7 heteroatoms. The van der Waals surface area contributed by atoms with Crippen molar-refractivity contribution in [3.63, 3.8) is 0 Å². The third kappa shape index (κ3) is 5.28. The largest absolute Gasteiger partial charge is 0.467 e. The second-order valence-corrected chi connectivity index (χ2v) is 7.01. The van der Waals surface area contributed by atoms with Crippen molar-refractivity contribution < 1.29 is 18.8 Å². The zero-order valence-corrected chi connectivity index (χ0v) is 15.5. The number of methoxy groups -OCH3 is 1. The quantitative estimate of drug-likeness (QED) is 0.723. The number of esters is 1. The maximum absolute atomic E-state index is 12.3. The average molecular weight is 351 g/mol. The Morgan fingerprint density at radius 2 is 2.04 bits per heavy atom. The van der Waals surface area contributed by atoms with E-state index in [1.165, 1.54) is 7.11 Å². The molecule has 1 N–H and O–H groups in total. The first-order valence-electron chi connectivity index (χ1n) is 9.20. The van der Waals surface area contributed by atoms with Crippen LogP contribution in [0.2, 0.25) is 0 Å². The van der Waals surface area contributed by atoms with Crippen LogP contribution in [0.1, 0.15) is 70.5 Å². The molecule has 1 aliphatic carbocycles. The van der Waals surface area contributed by atoms with Gasteiger partial charge in [0.05, 0.1) is 7.11 Å². The molecular weight excluding hydrogens is 322 g/mol. The Labute approximate surface area is 148 Å². The number of amides is 1. The molecule has 1 amide bonds. The fraction of sp³-hybridized carbons (Fsp3) is 0.778. The summed E-state index contributed by atoms with van der Waals surface area (Å²) in [4.78, 5) is 28.8. The lowest BCUT2D eigenvalue weighted by Gasteiger charge is -2.37. The van der Waals surface area contributed by atoms with E-state index < -0.39 is 5.54 Å². The second-order valence-electron chi connectivity index (χ2n) is 7.01. The van der Waals surface area contributed by atoms with Gasteiger partial charge in [-0.25, -0.2) is 4.79 Å². The lowest BCUT2D eigenvalue weighted by molar-refractivity contribution is -0.153. The first kappa shape index (κ1) is 19.4. The summed E-state index contributed by atoms with van der Waals surface area (Å²) in [5.41, 5.74) is -0.864. The molecule has 0 atom stereocenters. The SMILES string of the molecule is CCCc1noc(CCCC(=O)NC2(C(=O)OC)CCC(C)CC2)n1. The minimum atomic E-state index is -0.864. The maximum Gasteiger partial charge on any atom is 0.331 e. The zero-order valence-electron chi connectivity index (χ0n) is 15.5. The van der Waals surface area contributed by atoms with Gasteiger partial charge in [-0.15, -0.1) is 0 Å². The third-order valence-corrected chi connectivity index (χ3v) is 4.86. The second kappa shape index (κ2) is 8.97. The Morgan fingerprint density at radius 3 is 2.68 bits per heavy atom. The van der Waals surface area contributed by atoms with E-state index in [1.807, 2.05) is 0 Å². The van der Waals surface area contributed by atoms with Gasteiger partial charge in [0.2, 0.25) is 11.8 Å². The van der Waals surface area contributed by atoms with Gasteiger partial charge in [-0.2, -0.15) is 4.98 Å². The van der Waals surface area contributed by atoms with Crippen molar-refractivity contribution in [2.24, 2.45) is 5.92 Å². The highest BCUT2D eigenvalue weighted by molar-refractivity contribution is 5.88. The highest BCUT2D eigenvalue weighted by Gasteiger charge is 2.43. The van der Waals surface area contributed by atoms with E-state index in [0.29, 0.717) is 49.7 Å². The van der Waals surface area contributed by atoms with Crippen LogP contribution >= 0.6 is 0 Å². The topological polar surface area (TPSA) is 94.3 Å². The minimum Gasteiger partial charge on any atom is -0.467 e. The van der Waals surface area contributed by atoms with E-state index in [4.69, 9.17) is 9.26 Å². The number of hydrogen-bond donors (Lipinski definition) is 1. The Morgan fingerprint density at radius 1 is 1.32 bits per heavy atom. The fourth-order valence-electron chi connectivity index (χ4n) is 3.28. The van der Waals surface area contributed by atoms with Crippen molar-refractivity contribution >= 4 is 11.9 Å². The highest BCUT2D eigenvalue weighted by Crippen LogP contribution is 2.33. The van der Waals surface area contributed by atoms with Crippen molar-refractivity contribution in [2.75, 3.05) is 7.11 Å². The molecule has 1 aromatic heterocycles. The van der Waals surface area contributed by atoms with E-state index in [1.54, 1.807) is 0 Å². The van der Waals surface area contributed by atoms with Crippen molar-refractivity contribution in [3.05, 3.63) is 11.7 Å². The summed E-state index contributed by atoms with van der Waals surface area (Å²) in [7, 11) is 1.37. The van der Waals surface area contributed by atoms with Gasteiger partial charge in [0.1, 0.15) is 5.54 Å². The summed E-state index contributed by atoms with van der Waals surface area (Å²) in [5, 5.41) is 6.84. The number of nitrogens with one attached hydrogen (secondary N) is 1. The Hall–Kier alpha value is -1.92. The van der Waals surface area contributed by atoms with E-state index in [0.717, 1.165) is 25.7 Å². The molecule has 0 aromatic carbocycles. The van der Waals surface area contributed by atoms with Crippen LogP contribution in [0.25, 0.3) is 0 Å². The Balaban J connectivity index is 1.83.